The van der Waals surface area contributed by atoms with Gasteiger partial charge in [0.25, 0.3) is 5.91 Å². The molecule has 162 valence electrons. The van der Waals surface area contributed by atoms with E-state index in [1.807, 2.05) is 31.2 Å². The molecule has 1 fully saturated rings. The predicted molar refractivity (Wildman–Crippen MR) is 114 cm³/mol. The van der Waals surface area contributed by atoms with Gasteiger partial charge in [-0.05, 0) is 30.7 Å². The molecule has 0 unspecified atom stereocenters. The number of benzene rings is 1. The summed E-state index contributed by atoms with van der Waals surface area (Å²) in [4.78, 5) is 18.4. The lowest BCUT2D eigenvalue weighted by Crippen LogP contribution is -2.43. The molecule has 2 aromatic rings. The second-order valence-corrected chi connectivity index (χ2v) is 9.40. The van der Waals surface area contributed by atoms with Gasteiger partial charge in [-0.3, -0.25) is 9.10 Å². The number of hydrogen-bond donors (Lipinski definition) is 0. The van der Waals surface area contributed by atoms with Crippen molar-refractivity contribution in [2.75, 3.05) is 37.3 Å². The summed E-state index contributed by atoms with van der Waals surface area (Å²) in [5, 5.41) is 0. The average molecular weight is 434 g/mol. The largest absolute Gasteiger partial charge is 0.484 e. The van der Waals surface area contributed by atoms with Crippen molar-refractivity contribution in [2.24, 2.45) is 0 Å². The number of rotatable bonds is 7. The van der Waals surface area contributed by atoms with Crippen LogP contribution in [0.5, 0.6) is 11.6 Å². The zero-order chi connectivity index (χ0) is 21.7. The topological polar surface area (TPSA) is 89.0 Å². The molecule has 0 bridgehead atoms. The first-order valence-corrected chi connectivity index (χ1v) is 11.6. The molecule has 1 aromatic carbocycles. The van der Waals surface area contributed by atoms with Crippen LogP contribution in [0, 0.1) is 6.92 Å². The van der Waals surface area contributed by atoms with Crippen molar-refractivity contribution < 1.29 is 22.7 Å². The molecule has 9 heteroatoms. The third-order valence-electron chi connectivity index (χ3n) is 5.02. The molecule has 0 N–H and O–H groups in total. The Bertz CT molecular complexity index is 970. The van der Waals surface area contributed by atoms with Gasteiger partial charge in [0.15, 0.2) is 6.61 Å². The van der Waals surface area contributed by atoms with Crippen LogP contribution >= 0.6 is 0 Å². The van der Waals surface area contributed by atoms with Gasteiger partial charge >= 0.3 is 0 Å². The Morgan fingerprint density at radius 1 is 1.23 bits per heavy atom. The van der Waals surface area contributed by atoms with Gasteiger partial charge in [0.2, 0.25) is 15.9 Å². The highest BCUT2D eigenvalue weighted by Gasteiger charge is 2.24. The minimum absolute atomic E-state index is 0.0197. The summed E-state index contributed by atoms with van der Waals surface area (Å²) < 4.78 is 35.8. The van der Waals surface area contributed by atoms with Crippen LogP contribution in [-0.2, 0) is 14.8 Å². The summed E-state index contributed by atoms with van der Waals surface area (Å²) in [6.07, 6.45) is 3.96. The molecular formula is C21H27N3O5S. The molecule has 2 heterocycles. The van der Waals surface area contributed by atoms with E-state index in [4.69, 9.17) is 9.47 Å². The van der Waals surface area contributed by atoms with Crippen molar-refractivity contribution >= 4 is 21.6 Å². The minimum atomic E-state index is -3.33. The van der Waals surface area contributed by atoms with E-state index in [1.165, 1.54) is 13.2 Å². The van der Waals surface area contributed by atoms with Crippen LogP contribution in [0.2, 0.25) is 0 Å². The number of nitrogens with zero attached hydrogens (tertiary/aromatic N) is 3. The Morgan fingerprint density at radius 2 is 1.97 bits per heavy atom. The molecule has 0 aliphatic carbocycles. The zero-order valence-electron chi connectivity index (χ0n) is 17.4. The van der Waals surface area contributed by atoms with Crippen molar-refractivity contribution in [1.82, 2.24) is 9.88 Å². The molecule has 0 spiro atoms. The Labute approximate surface area is 177 Å². The summed E-state index contributed by atoms with van der Waals surface area (Å²) in [6, 6.07) is 10.9. The Morgan fingerprint density at radius 3 is 2.57 bits per heavy atom. The maximum atomic E-state index is 12.4. The van der Waals surface area contributed by atoms with Crippen molar-refractivity contribution in [3.05, 3.63) is 48.2 Å². The van der Waals surface area contributed by atoms with E-state index in [2.05, 4.69) is 4.98 Å². The fraction of sp³-hybridized carbons (Fsp3) is 0.429. The number of sulfonamides is 1. The molecule has 8 nitrogen and oxygen atoms in total. The van der Waals surface area contributed by atoms with Gasteiger partial charge in [-0.15, -0.1) is 0 Å². The molecule has 1 saturated heterocycles. The van der Waals surface area contributed by atoms with Crippen LogP contribution < -0.4 is 13.8 Å². The van der Waals surface area contributed by atoms with E-state index >= 15 is 0 Å². The van der Waals surface area contributed by atoms with Crippen LogP contribution in [-0.4, -0.2) is 63.3 Å². The minimum Gasteiger partial charge on any atom is -0.484 e. The third kappa shape index (κ3) is 5.85. The molecule has 1 aromatic heterocycles. The fourth-order valence-corrected chi connectivity index (χ4v) is 3.65. The molecule has 30 heavy (non-hydrogen) atoms. The van der Waals surface area contributed by atoms with Gasteiger partial charge in [0.05, 0.1) is 18.1 Å². The summed E-state index contributed by atoms with van der Waals surface area (Å²) in [5.74, 6) is 1.09. The highest BCUT2D eigenvalue weighted by Crippen LogP contribution is 2.21. The van der Waals surface area contributed by atoms with Crippen LogP contribution in [0.1, 0.15) is 18.4 Å². The number of piperidine rings is 1. The zero-order valence-corrected chi connectivity index (χ0v) is 18.3. The van der Waals surface area contributed by atoms with E-state index in [0.717, 1.165) is 16.1 Å². The van der Waals surface area contributed by atoms with E-state index in [0.29, 0.717) is 43.2 Å². The average Bonchev–Trinajstić information content (AvgIpc) is 2.72. The number of aryl methyl sites for hydroxylation is 1. The van der Waals surface area contributed by atoms with Gasteiger partial charge in [-0.25, -0.2) is 13.4 Å². The third-order valence-corrected chi connectivity index (χ3v) is 6.22. The lowest BCUT2D eigenvalue weighted by molar-refractivity contribution is -0.135. The normalized spacial score (nSPS) is 15.0. The molecule has 1 amide bonds. The summed E-state index contributed by atoms with van der Waals surface area (Å²) in [6.45, 7) is 3.18. The van der Waals surface area contributed by atoms with E-state index < -0.39 is 10.0 Å². The maximum Gasteiger partial charge on any atom is 0.260 e. The monoisotopic (exact) mass is 433 g/mol. The quantitative estimate of drug-likeness (QED) is 0.665. The Balaban J connectivity index is 1.45. The van der Waals surface area contributed by atoms with E-state index in [9.17, 15) is 13.2 Å². The number of anilines is 1. The van der Waals surface area contributed by atoms with Crippen LogP contribution in [0.25, 0.3) is 0 Å². The van der Waals surface area contributed by atoms with Crippen LogP contribution in [0.15, 0.2) is 42.6 Å². The lowest BCUT2D eigenvalue weighted by atomic mass is 10.1. The number of pyridine rings is 1. The fourth-order valence-electron chi connectivity index (χ4n) is 3.16. The molecule has 0 radical (unpaired) electrons. The Kier molecular flexibility index (Phi) is 6.81. The summed E-state index contributed by atoms with van der Waals surface area (Å²) in [5.41, 5.74) is 1.56. The number of carbonyl (C=O) groups is 1. The van der Waals surface area contributed by atoms with Gasteiger partial charge in [-0.2, -0.15) is 0 Å². The first-order chi connectivity index (χ1) is 14.2. The molecule has 1 aliphatic heterocycles. The van der Waals surface area contributed by atoms with Crippen molar-refractivity contribution in [3.8, 4) is 11.6 Å². The highest BCUT2D eigenvalue weighted by molar-refractivity contribution is 7.92. The van der Waals surface area contributed by atoms with E-state index in [-0.39, 0.29) is 18.6 Å². The van der Waals surface area contributed by atoms with Gasteiger partial charge in [-0.1, -0.05) is 12.1 Å². The molecule has 3 rings (SSSR count). The molecule has 1 aliphatic rings. The summed E-state index contributed by atoms with van der Waals surface area (Å²) in [7, 11) is -1.86. The number of amides is 1. The first kappa shape index (κ1) is 21.9. The van der Waals surface area contributed by atoms with Gasteiger partial charge in [0.1, 0.15) is 11.9 Å². The number of carbonyl (C=O) groups excluding carboxylic acids is 1. The van der Waals surface area contributed by atoms with E-state index in [1.54, 1.807) is 17.0 Å². The molecular weight excluding hydrogens is 406 g/mol. The Hall–Kier alpha value is -2.81. The lowest BCUT2D eigenvalue weighted by Gasteiger charge is -2.32. The standard InChI is InChI=1S/C21H27N3O5S/c1-16-5-4-6-19(13-16)28-15-21(25)24-11-9-18(10-12-24)29-20-8-7-17(14-22-20)23(2)30(3,26)27/h4-8,13-14,18H,9-12,15H2,1-3H3. The van der Waals surface area contributed by atoms with Crippen molar-refractivity contribution in [1.29, 1.82) is 0 Å². The van der Waals surface area contributed by atoms with Crippen LogP contribution in [0.4, 0.5) is 5.69 Å². The van der Waals surface area contributed by atoms with Crippen molar-refractivity contribution in [3.63, 3.8) is 0 Å². The molecule has 0 saturated carbocycles. The number of aromatic nitrogens is 1. The smallest absolute Gasteiger partial charge is 0.260 e. The van der Waals surface area contributed by atoms with Crippen LogP contribution in [0.3, 0.4) is 0 Å². The predicted octanol–water partition coefficient (Wildman–Crippen LogP) is 2.23. The maximum absolute atomic E-state index is 12.4. The SMILES string of the molecule is Cc1cccc(OCC(=O)N2CCC(Oc3ccc(N(C)S(C)(=O)=O)cn3)CC2)c1. The summed E-state index contributed by atoms with van der Waals surface area (Å²) >= 11 is 0. The number of likely N-dealkylation sites (tertiary alicyclic amines) is 1. The molecule has 0 atom stereocenters. The number of ether oxygens (including phenoxy) is 2. The second-order valence-electron chi connectivity index (χ2n) is 7.39. The van der Waals surface area contributed by atoms with Crippen molar-refractivity contribution in [2.45, 2.75) is 25.9 Å². The van der Waals surface area contributed by atoms with Gasteiger partial charge in [0, 0.05) is 39.0 Å². The first-order valence-electron chi connectivity index (χ1n) is 9.76. The highest BCUT2D eigenvalue weighted by atomic mass is 32.2. The van der Waals surface area contributed by atoms with Gasteiger partial charge < -0.3 is 14.4 Å². The second kappa shape index (κ2) is 9.34. The number of hydrogen-bond acceptors (Lipinski definition) is 6.